The molecule has 19 heavy (non-hydrogen) atoms. The first-order valence-electron chi connectivity index (χ1n) is 6.44. The van der Waals surface area contributed by atoms with Crippen molar-refractivity contribution >= 4 is 22.6 Å². The second-order valence-corrected chi connectivity index (χ2v) is 5.81. The molecule has 3 unspecified atom stereocenters. The van der Waals surface area contributed by atoms with Crippen molar-refractivity contribution in [2.75, 3.05) is 27.4 Å². The Labute approximate surface area is 127 Å². The maximum absolute atomic E-state index is 5.97. The van der Waals surface area contributed by atoms with E-state index in [2.05, 4.69) is 27.9 Å². The van der Waals surface area contributed by atoms with Crippen LogP contribution in [0.3, 0.4) is 0 Å². The molecule has 1 fully saturated rings. The third kappa shape index (κ3) is 4.05. The van der Waals surface area contributed by atoms with Crippen LogP contribution in [0.1, 0.15) is 6.42 Å². The highest BCUT2D eigenvalue weighted by Crippen LogP contribution is 2.29. The molecule has 2 rings (SSSR count). The van der Waals surface area contributed by atoms with Crippen LogP contribution in [-0.4, -0.2) is 45.6 Å². The van der Waals surface area contributed by atoms with E-state index in [0.29, 0.717) is 19.3 Å². The van der Waals surface area contributed by atoms with Crippen molar-refractivity contribution in [2.45, 2.75) is 24.7 Å². The van der Waals surface area contributed by atoms with Crippen molar-refractivity contribution in [1.82, 2.24) is 5.32 Å². The predicted molar refractivity (Wildman–Crippen MR) is 82.7 cm³/mol. The van der Waals surface area contributed by atoms with E-state index < -0.39 is 0 Å². The summed E-state index contributed by atoms with van der Waals surface area (Å²) in [6.07, 6.45) is 1.19. The Morgan fingerprint density at radius 2 is 2.00 bits per heavy atom. The Morgan fingerprint density at radius 3 is 2.63 bits per heavy atom. The lowest BCUT2D eigenvalue weighted by Gasteiger charge is -2.43. The van der Waals surface area contributed by atoms with Crippen molar-refractivity contribution in [3.8, 4) is 5.75 Å². The summed E-state index contributed by atoms with van der Waals surface area (Å²) >= 11 is 2.29. The molecule has 106 valence electrons. The fraction of sp³-hybridized carbons (Fsp3) is 0.571. The molecule has 1 aliphatic rings. The molecule has 0 heterocycles. The normalized spacial score (nSPS) is 25.9. The zero-order chi connectivity index (χ0) is 13.7. The van der Waals surface area contributed by atoms with Crippen molar-refractivity contribution in [3.63, 3.8) is 0 Å². The minimum atomic E-state index is 0.0967. The molecule has 0 amide bonds. The van der Waals surface area contributed by atoms with Gasteiger partial charge >= 0.3 is 0 Å². The first kappa shape index (κ1) is 15.0. The molecular formula is C14H20INO3. The number of nitrogens with one attached hydrogen (secondary N) is 1. The molecule has 0 aromatic heterocycles. The SMILES string of the molecule is CNC1CC(Oc2ccc(I)cc2)C1OCCOC. The van der Waals surface area contributed by atoms with Crippen molar-refractivity contribution in [1.29, 1.82) is 0 Å². The summed E-state index contributed by atoms with van der Waals surface area (Å²) in [5.41, 5.74) is 0. The van der Waals surface area contributed by atoms with Gasteiger partial charge in [-0.2, -0.15) is 0 Å². The lowest BCUT2D eigenvalue weighted by molar-refractivity contribution is -0.114. The van der Waals surface area contributed by atoms with Gasteiger partial charge in [0.15, 0.2) is 0 Å². The van der Waals surface area contributed by atoms with Crippen LogP contribution in [0.4, 0.5) is 0 Å². The number of ether oxygens (including phenoxy) is 3. The lowest BCUT2D eigenvalue weighted by atomic mass is 9.85. The van der Waals surface area contributed by atoms with Crippen LogP contribution < -0.4 is 10.1 Å². The fourth-order valence-corrected chi connectivity index (χ4v) is 2.52. The van der Waals surface area contributed by atoms with Gasteiger partial charge in [0, 0.05) is 23.1 Å². The van der Waals surface area contributed by atoms with Gasteiger partial charge in [0.05, 0.1) is 13.2 Å². The van der Waals surface area contributed by atoms with Crippen LogP contribution in [0.15, 0.2) is 24.3 Å². The Hall–Kier alpha value is -0.370. The Balaban J connectivity index is 1.86. The topological polar surface area (TPSA) is 39.7 Å². The van der Waals surface area contributed by atoms with E-state index in [9.17, 15) is 0 Å². The van der Waals surface area contributed by atoms with Gasteiger partial charge in [0.1, 0.15) is 18.0 Å². The molecule has 0 spiro atoms. The quantitative estimate of drug-likeness (QED) is 0.584. The maximum atomic E-state index is 5.97. The summed E-state index contributed by atoms with van der Waals surface area (Å²) in [7, 11) is 3.64. The Kier molecular flexibility index (Phi) is 5.87. The van der Waals surface area contributed by atoms with Gasteiger partial charge in [-0.3, -0.25) is 0 Å². The summed E-state index contributed by atoms with van der Waals surface area (Å²) in [5, 5.41) is 3.26. The molecule has 1 aromatic rings. The Morgan fingerprint density at radius 1 is 1.26 bits per heavy atom. The van der Waals surface area contributed by atoms with E-state index >= 15 is 0 Å². The van der Waals surface area contributed by atoms with Crippen molar-refractivity contribution in [2.24, 2.45) is 0 Å². The molecule has 0 bridgehead atoms. The van der Waals surface area contributed by atoms with Crippen LogP contribution in [0.5, 0.6) is 5.75 Å². The van der Waals surface area contributed by atoms with Crippen LogP contribution in [0, 0.1) is 3.57 Å². The standard InChI is InChI=1S/C14H20INO3/c1-16-12-9-13(14(12)18-8-7-17-2)19-11-5-3-10(15)4-6-11/h3-6,12-14,16H,7-9H2,1-2H3. The zero-order valence-electron chi connectivity index (χ0n) is 11.3. The average Bonchev–Trinajstić information content (AvgIpc) is 2.41. The van der Waals surface area contributed by atoms with Crippen molar-refractivity contribution in [3.05, 3.63) is 27.8 Å². The first-order valence-corrected chi connectivity index (χ1v) is 7.52. The summed E-state index contributed by atoms with van der Waals surface area (Å²) in [6, 6.07) is 8.46. The number of hydrogen-bond acceptors (Lipinski definition) is 4. The van der Waals surface area contributed by atoms with E-state index in [1.807, 2.05) is 31.3 Å². The third-order valence-corrected chi connectivity index (χ3v) is 4.04. The van der Waals surface area contributed by atoms with E-state index in [1.165, 1.54) is 3.57 Å². The second-order valence-electron chi connectivity index (χ2n) is 4.57. The number of rotatable bonds is 7. The monoisotopic (exact) mass is 377 g/mol. The maximum Gasteiger partial charge on any atom is 0.128 e. The number of hydrogen-bond donors (Lipinski definition) is 1. The minimum Gasteiger partial charge on any atom is -0.488 e. The molecule has 3 atom stereocenters. The molecule has 1 N–H and O–H groups in total. The largest absolute Gasteiger partial charge is 0.488 e. The summed E-state index contributed by atoms with van der Waals surface area (Å²) < 4.78 is 18.0. The van der Waals surface area contributed by atoms with Crippen LogP contribution >= 0.6 is 22.6 Å². The van der Waals surface area contributed by atoms with Gasteiger partial charge in [-0.1, -0.05) is 0 Å². The molecule has 0 radical (unpaired) electrons. The van der Waals surface area contributed by atoms with Gasteiger partial charge in [0.25, 0.3) is 0 Å². The van der Waals surface area contributed by atoms with E-state index in [-0.39, 0.29) is 12.2 Å². The highest BCUT2D eigenvalue weighted by atomic mass is 127. The Bertz CT molecular complexity index is 385. The minimum absolute atomic E-state index is 0.0967. The third-order valence-electron chi connectivity index (χ3n) is 3.32. The first-order chi connectivity index (χ1) is 9.24. The number of methoxy groups -OCH3 is 1. The van der Waals surface area contributed by atoms with Gasteiger partial charge in [0.2, 0.25) is 0 Å². The predicted octanol–water partition coefficient (Wildman–Crippen LogP) is 2.06. The molecule has 4 nitrogen and oxygen atoms in total. The number of likely N-dealkylation sites (N-methyl/N-ethyl adjacent to an activating group) is 1. The molecular weight excluding hydrogens is 357 g/mol. The highest BCUT2D eigenvalue weighted by Gasteiger charge is 2.43. The average molecular weight is 377 g/mol. The van der Waals surface area contributed by atoms with Gasteiger partial charge in [-0.25, -0.2) is 0 Å². The molecule has 0 saturated heterocycles. The molecule has 1 aromatic carbocycles. The van der Waals surface area contributed by atoms with Gasteiger partial charge < -0.3 is 19.5 Å². The number of benzene rings is 1. The van der Waals surface area contributed by atoms with E-state index in [4.69, 9.17) is 14.2 Å². The smallest absolute Gasteiger partial charge is 0.128 e. The summed E-state index contributed by atoms with van der Waals surface area (Å²) in [6.45, 7) is 1.22. The van der Waals surface area contributed by atoms with Crippen LogP contribution in [0.25, 0.3) is 0 Å². The molecule has 5 heteroatoms. The lowest BCUT2D eigenvalue weighted by Crippen LogP contribution is -2.60. The van der Waals surface area contributed by atoms with E-state index in [0.717, 1.165) is 12.2 Å². The van der Waals surface area contributed by atoms with Crippen LogP contribution in [0.2, 0.25) is 0 Å². The summed E-state index contributed by atoms with van der Waals surface area (Å²) in [4.78, 5) is 0. The highest BCUT2D eigenvalue weighted by molar-refractivity contribution is 14.1. The van der Waals surface area contributed by atoms with Gasteiger partial charge in [-0.15, -0.1) is 0 Å². The van der Waals surface area contributed by atoms with Crippen LogP contribution in [-0.2, 0) is 9.47 Å². The van der Waals surface area contributed by atoms with E-state index in [1.54, 1.807) is 7.11 Å². The molecule has 0 aliphatic heterocycles. The zero-order valence-corrected chi connectivity index (χ0v) is 13.4. The van der Waals surface area contributed by atoms with Crippen molar-refractivity contribution < 1.29 is 14.2 Å². The number of halogens is 1. The van der Waals surface area contributed by atoms with Gasteiger partial charge in [-0.05, 0) is 53.9 Å². The fourth-order valence-electron chi connectivity index (χ4n) is 2.16. The molecule has 1 aliphatic carbocycles. The second kappa shape index (κ2) is 7.42. The summed E-state index contributed by atoms with van der Waals surface area (Å²) in [5.74, 6) is 0.903. The molecule has 1 saturated carbocycles.